The van der Waals surface area contributed by atoms with Crippen molar-refractivity contribution in [3.63, 3.8) is 0 Å². The summed E-state index contributed by atoms with van der Waals surface area (Å²) in [5.41, 5.74) is 0. The van der Waals surface area contributed by atoms with Crippen LogP contribution in [-0.4, -0.2) is 36.7 Å². The van der Waals surface area contributed by atoms with E-state index in [4.69, 9.17) is 0 Å². The number of urea groups is 1. The molecule has 1 aliphatic rings. The molecule has 0 saturated carbocycles. The van der Waals surface area contributed by atoms with Crippen molar-refractivity contribution < 1.29 is 47.2 Å². The quantitative estimate of drug-likeness (QED) is 0.193. The number of nitrogens with one attached hydrogen (secondary N) is 1. The molecule has 4 nitrogen and oxygen atoms in total. The molecular formula is C11H19I2N3O-2. The van der Waals surface area contributed by atoms with Gasteiger partial charge in [-0.2, -0.15) is 0 Å². The van der Waals surface area contributed by atoms with Crippen molar-refractivity contribution in [2.45, 2.75) is 20.8 Å². The van der Waals surface area contributed by atoms with Gasteiger partial charge in [0, 0.05) is 0 Å². The van der Waals surface area contributed by atoms with Crippen molar-refractivity contribution >= 4 is 9.87 Å². The number of hydrogen-bond acceptors (Lipinski definition) is 2. The number of rotatable bonds is 5. The third kappa shape index (κ3) is 5.11. The Morgan fingerprint density at radius 1 is 1.53 bits per heavy atom. The molecule has 0 atom stereocenters. The summed E-state index contributed by atoms with van der Waals surface area (Å²) < 4.78 is 4.72. The summed E-state index contributed by atoms with van der Waals surface area (Å²) in [6, 6.07) is -0.206. The molecule has 0 unspecified atom stereocenters. The second-order valence-electron chi connectivity index (χ2n) is 3.27. The number of halogens is 2. The first-order chi connectivity index (χ1) is 8.21. The summed E-state index contributed by atoms with van der Waals surface area (Å²) in [6.07, 6.45) is 1.99. The van der Waals surface area contributed by atoms with E-state index < -0.39 is 0 Å². The summed E-state index contributed by atoms with van der Waals surface area (Å²) in [6.45, 7) is 8.38. The zero-order chi connectivity index (χ0) is 12.7. The van der Waals surface area contributed by atoms with E-state index in [1.807, 2.05) is 13.0 Å². The number of carbonyl (C=O) groups excluding carboxylic acids is 1. The monoisotopic (exact) mass is 463 g/mol. The van der Waals surface area contributed by atoms with Crippen molar-refractivity contribution in [3.05, 3.63) is 9.78 Å². The van der Waals surface area contributed by atoms with E-state index in [2.05, 4.69) is 29.1 Å². The molecule has 1 heterocycles. The molecule has 0 fully saturated rings. The SMILES string of the molecule is C/C=C1\NC(=O)N=C(N(CC)CC[I-]CC)[I-]1. The second kappa shape index (κ2) is 8.28. The zero-order valence-electron chi connectivity index (χ0n) is 10.5. The van der Waals surface area contributed by atoms with Crippen LogP contribution in [0.25, 0.3) is 0 Å². The molecular weight excluding hydrogens is 444 g/mol. The maximum absolute atomic E-state index is 11.5. The zero-order valence-corrected chi connectivity index (χ0v) is 14.8. The van der Waals surface area contributed by atoms with Gasteiger partial charge in [-0.15, -0.1) is 0 Å². The van der Waals surface area contributed by atoms with E-state index in [9.17, 15) is 4.79 Å². The summed E-state index contributed by atoms with van der Waals surface area (Å²) in [4.78, 5) is 17.9. The molecule has 0 aromatic heterocycles. The fourth-order valence-electron chi connectivity index (χ4n) is 1.28. The van der Waals surface area contributed by atoms with Gasteiger partial charge in [-0.05, 0) is 0 Å². The van der Waals surface area contributed by atoms with Crippen molar-refractivity contribution in [2.24, 2.45) is 4.99 Å². The van der Waals surface area contributed by atoms with Crippen LogP contribution in [0.5, 0.6) is 0 Å². The molecule has 17 heavy (non-hydrogen) atoms. The Morgan fingerprint density at radius 2 is 2.29 bits per heavy atom. The Hall–Kier alpha value is 0.140. The molecule has 0 aromatic rings. The van der Waals surface area contributed by atoms with Gasteiger partial charge in [0.05, 0.1) is 0 Å². The summed E-state index contributed by atoms with van der Waals surface area (Å²) in [5, 5.41) is 2.81. The predicted octanol–water partition coefficient (Wildman–Crippen LogP) is -4.55. The van der Waals surface area contributed by atoms with Gasteiger partial charge >= 0.3 is 125 Å². The number of amides is 2. The normalized spacial score (nSPS) is 18.6. The average Bonchev–Trinajstić information content (AvgIpc) is 2.34. The second-order valence-corrected chi connectivity index (χ2v) is 9.62. The third-order valence-electron chi connectivity index (χ3n) is 2.18. The number of nitrogens with zero attached hydrogens (tertiary/aromatic N) is 2. The fraction of sp³-hybridized carbons (Fsp3) is 0.636. The first kappa shape index (κ1) is 15.2. The molecule has 2 amide bonds. The van der Waals surface area contributed by atoms with Crippen LogP contribution in [0, 0.1) is 0 Å². The minimum atomic E-state index is -0.296. The Bertz CT molecular complexity index is 329. The Kier molecular flexibility index (Phi) is 7.40. The number of aliphatic imine (C=N–C) groups is 1. The molecule has 100 valence electrons. The summed E-state index contributed by atoms with van der Waals surface area (Å²) in [5.74, 6) is 0. The van der Waals surface area contributed by atoms with Crippen LogP contribution in [0.2, 0.25) is 0 Å². The number of amidine groups is 1. The Balaban J connectivity index is 2.64. The van der Waals surface area contributed by atoms with Crippen molar-refractivity contribution in [1.29, 1.82) is 0 Å². The van der Waals surface area contributed by atoms with Gasteiger partial charge in [-0.25, -0.2) is 0 Å². The number of allylic oxidation sites excluding steroid dienone is 1. The molecule has 0 radical (unpaired) electrons. The van der Waals surface area contributed by atoms with E-state index in [0.717, 1.165) is 20.6 Å². The van der Waals surface area contributed by atoms with Crippen LogP contribution in [0.4, 0.5) is 4.79 Å². The number of alkyl halides is 2. The molecule has 1 rings (SSSR count). The van der Waals surface area contributed by atoms with E-state index in [1.54, 1.807) is 0 Å². The van der Waals surface area contributed by atoms with Gasteiger partial charge in [0.15, 0.2) is 0 Å². The number of carbonyl (C=O) groups is 1. The van der Waals surface area contributed by atoms with Crippen molar-refractivity contribution in [1.82, 2.24) is 10.2 Å². The Morgan fingerprint density at radius 3 is 2.88 bits per heavy atom. The van der Waals surface area contributed by atoms with Crippen LogP contribution in [0.15, 0.2) is 14.8 Å². The third-order valence-corrected chi connectivity index (χ3v) is 7.38. The van der Waals surface area contributed by atoms with Crippen molar-refractivity contribution in [3.8, 4) is 0 Å². The molecule has 1 aliphatic heterocycles. The maximum atomic E-state index is 11.5. The molecule has 0 aliphatic carbocycles. The van der Waals surface area contributed by atoms with E-state index >= 15 is 0 Å². The first-order valence-electron chi connectivity index (χ1n) is 5.70. The summed E-state index contributed by atoms with van der Waals surface area (Å²) >= 11 is 0.0438. The van der Waals surface area contributed by atoms with Crippen LogP contribution in [0.3, 0.4) is 0 Å². The van der Waals surface area contributed by atoms with Crippen LogP contribution >= 0.6 is 0 Å². The van der Waals surface area contributed by atoms with E-state index in [-0.39, 0.29) is 27.2 Å². The van der Waals surface area contributed by atoms with Crippen LogP contribution in [0.1, 0.15) is 20.8 Å². The molecule has 1 N–H and O–H groups in total. The van der Waals surface area contributed by atoms with Gasteiger partial charge in [0.2, 0.25) is 0 Å². The van der Waals surface area contributed by atoms with Crippen molar-refractivity contribution in [2.75, 3.05) is 21.9 Å². The first-order valence-corrected chi connectivity index (χ1v) is 10.9. The van der Waals surface area contributed by atoms with Gasteiger partial charge < -0.3 is 0 Å². The topological polar surface area (TPSA) is 44.7 Å². The fourth-order valence-corrected chi connectivity index (χ4v) is 5.43. The standard InChI is InChI=1S/C11H19I2N3O/c1-4-9-13-10(15-11(17)14-9)16(6-3)8-7-12-5-2/h4H,5-8H2,1-3H3,(H,14,17)/q-2/b9-4-. The average molecular weight is 463 g/mol. The molecule has 0 spiro atoms. The van der Waals surface area contributed by atoms with Gasteiger partial charge in [-0.3, -0.25) is 0 Å². The van der Waals surface area contributed by atoms with Crippen LogP contribution in [-0.2, 0) is 0 Å². The van der Waals surface area contributed by atoms with E-state index in [0.29, 0.717) is 21.2 Å². The van der Waals surface area contributed by atoms with Gasteiger partial charge in [0.1, 0.15) is 0 Å². The molecule has 6 heteroatoms. The predicted molar refractivity (Wildman–Crippen MR) is 62.4 cm³/mol. The van der Waals surface area contributed by atoms with Crippen LogP contribution < -0.4 is 47.7 Å². The molecule has 0 aromatic carbocycles. The number of hydrogen-bond donors (Lipinski definition) is 1. The van der Waals surface area contributed by atoms with Gasteiger partial charge in [0.25, 0.3) is 0 Å². The summed E-state index contributed by atoms with van der Waals surface area (Å²) in [7, 11) is 0. The molecule has 0 bridgehead atoms. The minimum absolute atomic E-state index is 0.206. The van der Waals surface area contributed by atoms with Gasteiger partial charge in [-0.1, -0.05) is 0 Å². The molecule has 0 saturated heterocycles. The Labute approximate surface area is 124 Å². The van der Waals surface area contributed by atoms with E-state index in [1.165, 1.54) is 8.86 Å².